The van der Waals surface area contributed by atoms with Gasteiger partial charge in [-0.2, -0.15) is 5.10 Å². The predicted octanol–water partition coefficient (Wildman–Crippen LogP) is 0.00292. The summed E-state index contributed by atoms with van der Waals surface area (Å²) in [6, 6.07) is 0. The van der Waals surface area contributed by atoms with Gasteiger partial charge in [0.1, 0.15) is 0 Å². The van der Waals surface area contributed by atoms with Gasteiger partial charge in [0.15, 0.2) is 5.96 Å². The fourth-order valence-corrected chi connectivity index (χ4v) is 1.37. The molecule has 1 aromatic heterocycles. The molecule has 0 saturated carbocycles. The van der Waals surface area contributed by atoms with Crippen LogP contribution in [-0.2, 0) is 11.3 Å². The normalized spacial score (nSPS) is 11.6. The average Bonchev–Trinajstić information content (AvgIpc) is 2.73. The average molecular weight is 239 g/mol. The Kier molecular flexibility index (Phi) is 6.09. The zero-order valence-electron chi connectivity index (χ0n) is 10.7. The molecule has 0 spiro atoms. The molecule has 1 heterocycles. The summed E-state index contributed by atoms with van der Waals surface area (Å²) < 4.78 is 6.86. The Morgan fingerprint density at radius 3 is 2.82 bits per heavy atom. The van der Waals surface area contributed by atoms with Crippen molar-refractivity contribution in [2.24, 2.45) is 4.99 Å². The summed E-state index contributed by atoms with van der Waals surface area (Å²) in [6.45, 7) is 5.05. The molecule has 1 rings (SSSR count). The van der Waals surface area contributed by atoms with Crippen LogP contribution in [0.25, 0.3) is 0 Å². The van der Waals surface area contributed by atoms with Crippen molar-refractivity contribution >= 4 is 5.96 Å². The van der Waals surface area contributed by atoms with Crippen molar-refractivity contribution in [1.82, 2.24) is 20.4 Å². The summed E-state index contributed by atoms with van der Waals surface area (Å²) in [5.41, 5.74) is 1.17. The van der Waals surface area contributed by atoms with Crippen LogP contribution in [0.2, 0.25) is 0 Å². The first-order chi connectivity index (χ1) is 8.26. The molecule has 2 N–H and O–H groups in total. The second-order valence-electron chi connectivity index (χ2n) is 3.70. The Labute approximate surface area is 102 Å². The third-order valence-electron chi connectivity index (χ3n) is 2.22. The number of guanidine groups is 1. The molecule has 0 aliphatic carbocycles. The number of nitrogens with one attached hydrogen (secondary N) is 2. The molecule has 0 aliphatic rings. The highest BCUT2D eigenvalue weighted by Gasteiger charge is 1.97. The molecule has 1 aromatic rings. The van der Waals surface area contributed by atoms with Gasteiger partial charge in [-0.3, -0.25) is 9.67 Å². The van der Waals surface area contributed by atoms with Crippen molar-refractivity contribution in [3.05, 3.63) is 18.0 Å². The Morgan fingerprint density at radius 1 is 1.47 bits per heavy atom. The number of ether oxygens (including phenoxy) is 1. The van der Waals surface area contributed by atoms with Gasteiger partial charge in [0.05, 0.1) is 19.3 Å². The topological polar surface area (TPSA) is 63.5 Å². The van der Waals surface area contributed by atoms with E-state index < -0.39 is 0 Å². The third kappa shape index (κ3) is 5.35. The first-order valence-electron chi connectivity index (χ1n) is 5.68. The molecule has 0 amide bonds. The Morgan fingerprint density at radius 2 is 2.24 bits per heavy atom. The van der Waals surface area contributed by atoms with Crippen LogP contribution >= 0.6 is 0 Å². The maximum absolute atomic E-state index is 4.95. The second kappa shape index (κ2) is 7.67. The smallest absolute Gasteiger partial charge is 0.191 e. The molecule has 17 heavy (non-hydrogen) atoms. The van der Waals surface area contributed by atoms with Crippen molar-refractivity contribution in [3.8, 4) is 0 Å². The minimum absolute atomic E-state index is 0.666. The van der Waals surface area contributed by atoms with Crippen molar-refractivity contribution in [1.29, 1.82) is 0 Å². The Balaban J connectivity index is 2.19. The molecule has 0 saturated heterocycles. The van der Waals surface area contributed by atoms with E-state index in [1.807, 2.05) is 24.0 Å². The van der Waals surface area contributed by atoms with E-state index in [4.69, 9.17) is 4.74 Å². The minimum Gasteiger partial charge on any atom is -0.383 e. The molecule has 6 heteroatoms. The predicted molar refractivity (Wildman–Crippen MR) is 68.2 cm³/mol. The van der Waals surface area contributed by atoms with Crippen molar-refractivity contribution in [3.63, 3.8) is 0 Å². The third-order valence-corrected chi connectivity index (χ3v) is 2.22. The molecule has 6 nitrogen and oxygen atoms in total. The number of hydrogen-bond donors (Lipinski definition) is 2. The van der Waals surface area contributed by atoms with E-state index in [9.17, 15) is 0 Å². The number of nitrogens with zero attached hydrogens (tertiary/aromatic N) is 3. The fourth-order valence-electron chi connectivity index (χ4n) is 1.37. The van der Waals surface area contributed by atoms with Gasteiger partial charge in [-0.15, -0.1) is 0 Å². The van der Waals surface area contributed by atoms with Crippen LogP contribution in [0, 0.1) is 6.92 Å². The quantitative estimate of drug-likeness (QED) is 0.417. The summed E-state index contributed by atoms with van der Waals surface area (Å²) in [5.74, 6) is 0.783. The van der Waals surface area contributed by atoms with Gasteiger partial charge in [-0.25, -0.2) is 0 Å². The molecule has 0 fully saturated rings. The highest BCUT2D eigenvalue weighted by molar-refractivity contribution is 5.79. The van der Waals surface area contributed by atoms with Crippen LogP contribution in [0.5, 0.6) is 0 Å². The Hall–Kier alpha value is -1.56. The van der Waals surface area contributed by atoms with Gasteiger partial charge >= 0.3 is 0 Å². The second-order valence-corrected chi connectivity index (χ2v) is 3.70. The zero-order valence-corrected chi connectivity index (χ0v) is 10.7. The van der Waals surface area contributed by atoms with E-state index in [0.29, 0.717) is 6.61 Å². The van der Waals surface area contributed by atoms with Crippen LogP contribution in [0.1, 0.15) is 5.56 Å². The summed E-state index contributed by atoms with van der Waals surface area (Å²) in [7, 11) is 3.43. The summed E-state index contributed by atoms with van der Waals surface area (Å²) in [5, 5.41) is 10.6. The number of methoxy groups -OCH3 is 1. The lowest BCUT2D eigenvalue weighted by atomic mass is 10.4. The van der Waals surface area contributed by atoms with E-state index in [2.05, 4.69) is 20.7 Å². The number of aryl methyl sites for hydroxylation is 1. The van der Waals surface area contributed by atoms with Crippen molar-refractivity contribution in [2.75, 3.05) is 33.9 Å². The molecular weight excluding hydrogens is 218 g/mol. The number of hydrogen-bond acceptors (Lipinski definition) is 3. The molecule has 0 aromatic carbocycles. The summed E-state index contributed by atoms with van der Waals surface area (Å²) >= 11 is 0. The monoisotopic (exact) mass is 239 g/mol. The lowest BCUT2D eigenvalue weighted by molar-refractivity contribution is 0.203. The molecule has 0 unspecified atom stereocenters. The van der Waals surface area contributed by atoms with Crippen LogP contribution in [0.15, 0.2) is 17.4 Å². The van der Waals surface area contributed by atoms with Gasteiger partial charge in [-0.1, -0.05) is 0 Å². The molecule has 0 atom stereocenters. The van der Waals surface area contributed by atoms with Crippen LogP contribution < -0.4 is 10.6 Å². The van der Waals surface area contributed by atoms with Crippen molar-refractivity contribution < 1.29 is 4.74 Å². The molecular formula is C11H21N5O. The van der Waals surface area contributed by atoms with Gasteiger partial charge in [0.25, 0.3) is 0 Å². The van der Waals surface area contributed by atoms with E-state index in [0.717, 1.165) is 25.6 Å². The Bertz CT molecular complexity index is 347. The first kappa shape index (κ1) is 13.5. The molecule has 0 bridgehead atoms. The van der Waals surface area contributed by atoms with Gasteiger partial charge < -0.3 is 15.4 Å². The zero-order chi connectivity index (χ0) is 12.5. The van der Waals surface area contributed by atoms with E-state index in [1.54, 1.807) is 14.2 Å². The maximum atomic E-state index is 4.95. The molecule has 0 aliphatic heterocycles. The van der Waals surface area contributed by atoms with E-state index in [1.165, 1.54) is 5.56 Å². The van der Waals surface area contributed by atoms with Gasteiger partial charge in [0.2, 0.25) is 0 Å². The lowest BCUT2D eigenvalue weighted by Gasteiger charge is -2.11. The van der Waals surface area contributed by atoms with Crippen LogP contribution in [0.4, 0.5) is 0 Å². The highest BCUT2D eigenvalue weighted by atomic mass is 16.5. The maximum Gasteiger partial charge on any atom is 0.191 e. The molecule has 96 valence electrons. The minimum atomic E-state index is 0.666. The van der Waals surface area contributed by atoms with Crippen LogP contribution in [0.3, 0.4) is 0 Å². The highest BCUT2D eigenvalue weighted by Crippen LogP contribution is 1.92. The largest absolute Gasteiger partial charge is 0.383 e. The number of aromatic nitrogens is 2. The van der Waals surface area contributed by atoms with Crippen LogP contribution in [-0.4, -0.2) is 49.6 Å². The fraction of sp³-hybridized carbons (Fsp3) is 0.636. The van der Waals surface area contributed by atoms with E-state index >= 15 is 0 Å². The number of rotatable bonds is 6. The first-order valence-corrected chi connectivity index (χ1v) is 5.68. The molecule has 0 radical (unpaired) electrons. The van der Waals surface area contributed by atoms with Crippen molar-refractivity contribution in [2.45, 2.75) is 13.5 Å². The summed E-state index contributed by atoms with van der Waals surface area (Å²) in [6.07, 6.45) is 3.87. The lowest BCUT2D eigenvalue weighted by Crippen LogP contribution is -2.40. The van der Waals surface area contributed by atoms with Gasteiger partial charge in [-0.05, 0) is 12.5 Å². The number of aliphatic imine (C=N–C) groups is 1. The SMILES string of the molecule is CN=C(NCCOC)NCCn1cc(C)cn1. The summed E-state index contributed by atoms with van der Waals surface area (Å²) in [4.78, 5) is 4.11. The van der Waals surface area contributed by atoms with Gasteiger partial charge in [0, 0.05) is 33.4 Å². The standard InChI is InChI=1S/C11H21N5O/c1-10-8-15-16(9-10)6-4-13-11(12-2)14-5-7-17-3/h8-9H,4-7H2,1-3H3,(H2,12,13,14). The van der Waals surface area contributed by atoms with E-state index in [-0.39, 0.29) is 0 Å².